The van der Waals surface area contributed by atoms with Crippen molar-refractivity contribution in [2.45, 2.75) is 12.8 Å². The molecule has 6 heteroatoms. The van der Waals surface area contributed by atoms with E-state index in [4.69, 9.17) is 14.0 Å². The Balaban J connectivity index is 1.63. The topological polar surface area (TPSA) is 64.8 Å². The first-order valence-corrected chi connectivity index (χ1v) is 7.62. The minimum Gasteiger partial charge on any atom is -0.493 e. The average molecular weight is 316 g/mol. The molecule has 1 aliphatic rings. The zero-order valence-corrected chi connectivity index (χ0v) is 13.3. The van der Waals surface area contributed by atoms with E-state index in [0.29, 0.717) is 11.6 Å². The molecule has 2 aromatic rings. The van der Waals surface area contributed by atoms with E-state index in [1.165, 1.54) is 11.8 Å². The largest absolute Gasteiger partial charge is 0.493 e. The molecule has 0 aliphatic carbocycles. The second-order valence-corrected chi connectivity index (χ2v) is 5.68. The number of rotatable bonds is 5. The molecule has 1 amide bonds. The molecule has 1 aliphatic heterocycles. The molecule has 1 aromatic heterocycles. The SMILES string of the molecule is COc1ccc(CC2CCN(C(=O)c3ccon3)C2)cc1OC. The molecule has 0 spiro atoms. The highest BCUT2D eigenvalue weighted by Gasteiger charge is 2.28. The predicted molar refractivity (Wildman–Crippen MR) is 83.8 cm³/mol. The van der Waals surface area contributed by atoms with Gasteiger partial charge in [0.15, 0.2) is 17.2 Å². The summed E-state index contributed by atoms with van der Waals surface area (Å²) >= 11 is 0. The molecular formula is C17H20N2O4. The fraction of sp³-hybridized carbons (Fsp3) is 0.412. The maximum Gasteiger partial charge on any atom is 0.276 e. The van der Waals surface area contributed by atoms with Crippen molar-refractivity contribution >= 4 is 5.91 Å². The van der Waals surface area contributed by atoms with Crippen LogP contribution in [-0.2, 0) is 6.42 Å². The maximum atomic E-state index is 12.3. The fourth-order valence-electron chi connectivity index (χ4n) is 3.01. The number of benzene rings is 1. The van der Waals surface area contributed by atoms with Gasteiger partial charge in [-0.2, -0.15) is 0 Å². The van der Waals surface area contributed by atoms with Crippen LogP contribution in [0.1, 0.15) is 22.5 Å². The zero-order chi connectivity index (χ0) is 16.2. The Morgan fingerprint density at radius 2 is 2.13 bits per heavy atom. The van der Waals surface area contributed by atoms with Crippen molar-refractivity contribution in [2.75, 3.05) is 27.3 Å². The Hall–Kier alpha value is -2.50. The van der Waals surface area contributed by atoms with Crippen molar-refractivity contribution in [3.05, 3.63) is 41.8 Å². The highest BCUT2D eigenvalue weighted by atomic mass is 16.5. The Morgan fingerprint density at radius 1 is 1.30 bits per heavy atom. The van der Waals surface area contributed by atoms with Gasteiger partial charge in [0.25, 0.3) is 5.91 Å². The zero-order valence-electron chi connectivity index (χ0n) is 13.3. The minimum atomic E-state index is -0.0615. The van der Waals surface area contributed by atoms with Gasteiger partial charge < -0.3 is 18.9 Å². The van der Waals surface area contributed by atoms with E-state index in [0.717, 1.165) is 37.4 Å². The van der Waals surface area contributed by atoms with Gasteiger partial charge in [-0.1, -0.05) is 11.2 Å². The standard InChI is InChI=1S/C17H20N2O4/c1-21-15-4-3-12(10-16(15)22-2)9-13-5-7-19(11-13)17(20)14-6-8-23-18-14/h3-4,6,8,10,13H,5,7,9,11H2,1-2H3. The van der Waals surface area contributed by atoms with Crippen LogP contribution in [0.25, 0.3) is 0 Å². The van der Waals surface area contributed by atoms with Gasteiger partial charge in [0.2, 0.25) is 0 Å². The highest BCUT2D eigenvalue weighted by molar-refractivity contribution is 5.92. The van der Waals surface area contributed by atoms with Crippen molar-refractivity contribution in [2.24, 2.45) is 5.92 Å². The van der Waals surface area contributed by atoms with Crippen molar-refractivity contribution in [3.63, 3.8) is 0 Å². The monoisotopic (exact) mass is 316 g/mol. The van der Waals surface area contributed by atoms with E-state index in [9.17, 15) is 4.79 Å². The van der Waals surface area contributed by atoms with Gasteiger partial charge in [-0.25, -0.2) is 0 Å². The Morgan fingerprint density at radius 3 is 2.83 bits per heavy atom. The molecule has 1 fully saturated rings. The highest BCUT2D eigenvalue weighted by Crippen LogP contribution is 2.30. The molecule has 0 N–H and O–H groups in total. The lowest BCUT2D eigenvalue weighted by atomic mass is 9.98. The van der Waals surface area contributed by atoms with Crippen LogP contribution in [0.3, 0.4) is 0 Å². The van der Waals surface area contributed by atoms with Crippen molar-refractivity contribution in [1.82, 2.24) is 10.1 Å². The first-order valence-electron chi connectivity index (χ1n) is 7.62. The number of methoxy groups -OCH3 is 2. The van der Waals surface area contributed by atoms with Crippen LogP contribution in [-0.4, -0.2) is 43.3 Å². The van der Waals surface area contributed by atoms with Crippen molar-refractivity contribution in [1.29, 1.82) is 0 Å². The van der Waals surface area contributed by atoms with Gasteiger partial charge in [-0.05, 0) is 36.5 Å². The molecule has 0 saturated carbocycles. The summed E-state index contributed by atoms with van der Waals surface area (Å²) in [7, 11) is 3.26. The number of nitrogens with zero attached hydrogens (tertiary/aromatic N) is 2. The Labute approximate surface area is 135 Å². The molecule has 1 aromatic carbocycles. The summed E-state index contributed by atoms with van der Waals surface area (Å²) in [6.45, 7) is 1.49. The van der Waals surface area contributed by atoms with Crippen LogP contribution in [0, 0.1) is 5.92 Å². The van der Waals surface area contributed by atoms with Gasteiger partial charge in [-0.3, -0.25) is 4.79 Å². The molecular weight excluding hydrogens is 296 g/mol. The van der Waals surface area contributed by atoms with Crippen LogP contribution in [0.5, 0.6) is 11.5 Å². The summed E-state index contributed by atoms with van der Waals surface area (Å²) in [5, 5.41) is 3.71. The number of hydrogen-bond acceptors (Lipinski definition) is 5. The van der Waals surface area contributed by atoms with Gasteiger partial charge >= 0.3 is 0 Å². The van der Waals surface area contributed by atoms with E-state index >= 15 is 0 Å². The maximum absolute atomic E-state index is 12.3. The van der Waals surface area contributed by atoms with Crippen LogP contribution in [0.15, 0.2) is 35.1 Å². The number of carbonyl (C=O) groups excluding carboxylic acids is 1. The van der Waals surface area contributed by atoms with E-state index in [2.05, 4.69) is 5.16 Å². The first-order chi connectivity index (χ1) is 11.2. The molecule has 1 atom stereocenters. The molecule has 1 unspecified atom stereocenters. The third kappa shape index (κ3) is 3.31. The van der Waals surface area contributed by atoms with Gasteiger partial charge in [0.05, 0.1) is 14.2 Å². The molecule has 0 bridgehead atoms. The number of ether oxygens (including phenoxy) is 2. The summed E-state index contributed by atoms with van der Waals surface area (Å²) in [5.41, 5.74) is 1.56. The molecule has 3 rings (SSSR count). The summed E-state index contributed by atoms with van der Waals surface area (Å²) in [4.78, 5) is 14.1. The second-order valence-electron chi connectivity index (χ2n) is 5.68. The summed E-state index contributed by atoms with van der Waals surface area (Å²) in [6.07, 6.45) is 3.31. The van der Waals surface area contributed by atoms with Crippen LogP contribution >= 0.6 is 0 Å². The molecule has 23 heavy (non-hydrogen) atoms. The molecule has 122 valence electrons. The lowest BCUT2D eigenvalue weighted by molar-refractivity contribution is 0.0777. The van der Waals surface area contributed by atoms with E-state index in [-0.39, 0.29) is 5.91 Å². The number of amides is 1. The minimum absolute atomic E-state index is 0.0615. The van der Waals surface area contributed by atoms with E-state index in [1.54, 1.807) is 20.3 Å². The van der Waals surface area contributed by atoms with Gasteiger partial charge in [-0.15, -0.1) is 0 Å². The van der Waals surface area contributed by atoms with Gasteiger partial charge in [0.1, 0.15) is 6.26 Å². The number of carbonyl (C=O) groups is 1. The molecule has 6 nitrogen and oxygen atoms in total. The molecule has 1 saturated heterocycles. The molecule has 2 heterocycles. The van der Waals surface area contributed by atoms with Gasteiger partial charge in [0, 0.05) is 19.2 Å². The predicted octanol–water partition coefficient (Wildman–Crippen LogP) is 2.40. The second kappa shape index (κ2) is 6.73. The third-order valence-corrected chi connectivity index (χ3v) is 4.20. The normalized spacial score (nSPS) is 17.3. The van der Waals surface area contributed by atoms with E-state index in [1.807, 2.05) is 23.1 Å². The van der Waals surface area contributed by atoms with E-state index < -0.39 is 0 Å². The summed E-state index contributed by atoms with van der Waals surface area (Å²) < 4.78 is 15.3. The summed E-state index contributed by atoms with van der Waals surface area (Å²) in [5.74, 6) is 1.83. The first kappa shape index (κ1) is 15.4. The number of aromatic nitrogens is 1. The van der Waals surface area contributed by atoms with Crippen molar-refractivity contribution in [3.8, 4) is 11.5 Å². The lowest BCUT2D eigenvalue weighted by Gasteiger charge is -2.15. The third-order valence-electron chi connectivity index (χ3n) is 4.20. The quantitative estimate of drug-likeness (QED) is 0.847. The number of hydrogen-bond donors (Lipinski definition) is 0. The Bertz CT molecular complexity index is 669. The lowest BCUT2D eigenvalue weighted by Crippen LogP contribution is -2.29. The van der Waals surface area contributed by atoms with Crippen molar-refractivity contribution < 1.29 is 18.8 Å². The van der Waals surface area contributed by atoms with Crippen LogP contribution in [0.4, 0.5) is 0 Å². The summed E-state index contributed by atoms with van der Waals surface area (Å²) in [6, 6.07) is 7.57. The van der Waals surface area contributed by atoms with Crippen LogP contribution < -0.4 is 9.47 Å². The fourth-order valence-corrected chi connectivity index (χ4v) is 3.01. The smallest absolute Gasteiger partial charge is 0.276 e. The Kier molecular flexibility index (Phi) is 4.50. The number of likely N-dealkylation sites (tertiary alicyclic amines) is 1. The van der Waals surface area contributed by atoms with Crippen LogP contribution in [0.2, 0.25) is 0 Å². The average Bonchev–Trinajstić information content (AvgIpc) is 3.26. The molecule has 0 radical (unpaired) electrons.